The van der Waals surface area contributed by atoms with Crippen LogP contribution in [-0.4, -0.2) is 23.2 Å². The molecule has 0 fully saturated rings. The van der Waals surface area contributed by atoms with E-state index >= 15 is 0 Å². The number of unbranched alkanes of at least 4 members (excludes halogenated alkanes) is 2. The first kappa shape index (κ1) is 26.1. The number of thiophene rings is 2. The molecule has 0 saturated heterocycles. The average molecular weight is 541 g/mol. The van der Waals surface area contributed by atoms with Gasteiger partial charge in [0.2, 0.25) is 0 Å². The molecule has 5 rings (SSSR count). The van der Waals surface area contributed by atoms with Crippen molar-refractivity contribution in [1.29, 1.82) is 0 Å². The van der Waals surface area contributed by atoms with E-state index in [9.17, 15) is 0 Å². The minimum atomic E-state index is 0.766. The molecule has 0 saturated carbocycles. The van der Waals surface area contributed by atoms with Gasteiger partial charge in [0.1, 0.15) is 11.5 Å². The van der Waals surface area contributed by atoms with Crippen LogP contribution in [0.2, 0.25) is 0 Å². The fourth-order valence-electron chi connectivity index (χ4n) is 3.94. The van der Waals surface area contributed by atoms with Gasteiger partial charge in [0.25, 0.3) is 0 Å². The highest BCUT2D eigenvalue weighted by molar-refractivity contribution is 7.19. The zero-order chi connectivity index (χ0) is 26.2. The van der Waals surface area contributed by atoms with Crippen LogP contribution in [0.25, 0.3) is 42.0 Å². The van der Waals surface area contributed by atoms with E-state index in [4.69, 9.17) is 19.4 Å². The molecule has 3 aromatic heterocycles. The summed E-state index contributed by atoms with van der Waals surface area (Å²) in [4.78, 5) is 14.1. The molecule has 0 bridgehead atoms. The molecular formula is C32H32N2O2S2. The van der Waals surface area contributed by atoms with Gasteiger partial charge >= 0.3 is 0 Å². The van der Waals surface area contributed by atoms with Crippen LogP contribution in [0, 0.1) is 0 Å². The van der Waals surface area contributed by atoms with Crippen LogP contribution in [0.3, 0.4) is 0 Å². The maximum Gasteiger partial charge on any atom is 0.119 e. The largest absolute Gasteiger partial charge is 0.494 e. The fraction of sp³-hybridized carbons (Fsp3) is 0.250. The molecule has 4 nitrogen and oxygen atoms in total. The maximum absolute atomic E-state index is 5.79. The second-order valence-electron chi connectivity index (χ2n) is 9.07. The van der Waals surface area contributed by atoms with Crippen molar-refractivity contribution in [2.24, 2.45) is 0 Å². The van der Waals surface area contributed by atoms with Gasteiger partial charge in [-0.3, -0.25) is 9.97 Å². The monoisotopic (exact) mass is 540 g/mol. The van der Waals surface area contributed by atoms with Gasteiger partial charge in [-0.15, -0.1) is 22.7 Å². The highest BCUT2D eigenvalue weighted by Gasteiger charge is 2.10. The smallest absolute Gasteiger partial charge is 0.119 e. The van der Waals surface area contributed by atoms with E-state index < -0.39 is 0 Å². The molecule has 0 aliphatic rings. The summed E-state index contributed by atoms with van der Waals surface area (Å²) in [5, 5.41) is 0. The molecule has 0 atom stereocenters. The summed E-state index contributed by atoms with van der Waals surface area (Å²) in [6.45, 7) is 5.87. The Morgan fingerprint density at radius 1 is 0.526 bits per heavy atom. The van der Waals surface area contributed by atoms with Crippen LogP contribution in [-0.2, 0) is 0 Å². The quantitative estimate of drug-likeness (QED) is 0.148. The number of benzene rings is 2. The summed E-state index contributed by atoms with van der Waals surface area (Å²) in [7, 11) is 0. The predicted molar refractivity (Wildman–Crippen MR) is 160 cm³/mol. The Balaban J connectivity index is 1.23. The lowest BCUT2D eigenvalue weighted by Gasteiger charge is -2.05. The third kappa shape index (κ3) is 6.50. The predicted octanol–water partition coefficient (Wildman–Crippen LogP) is 9.63. The van der Waals surface area contributed by atoms with Crippen molar-refractivity contribution in [1.82, 2.24) is 9.97 Å². The molecule has 0 aliphatic carbocycles. The fourth-order valence-corrected chi connectivity index (χ4v) is 5.89. The molecule has 5 aromatic rings. The molecule has 0 amide bonds. The number of rotatable bonds is 12. The van der Waals surface area contributed by atoms with E-state index in [0.29, 0.717) is 0 Å². The van der Waals surface area contributed by atoms with E-state index in [1.807, 2.05) is 36.7 Å². The van der Waals surface area contributed by atoms with Gasteiger partial charge in [0.05, 0.1) is 46.7 Å². The second kappa shape index (κ2) is 12.9. The van der Waals surface area contributed by atoms with Gasteiger partial charge in [-0.05, 0) is 96.8 Å². The summed E-state index contributed by atoms with van der Waals surface area (Å²) in [5.41, 5.74) is 4.14. The SMILES string of the molecule is CCCCOc1ccc(-c2ccc(-c3cnc(-c4ccc(-c5ccc(OCCCC)cc5)s4)cn3)s2)cc1. The van der Waals surface area contributed by atoms with Crippen molar-refractivity contribution in [3.8, 4) is 53.5 Å². The highest BCUT2D eigenvalue weighted by Crippen LogP contribution is 2.36. The van der Waals surface area contributed by atoms with Crippen molar-refractivity contribution in [2.45, 2.75) is 39.5 Å². The van der Waals surface area contributed by atoms with Crippen LogP contribution in [0.5, 0.6) is 11.5 Å². The van der Waals surface area contributed by atoms with E-state index in [2.05, 4.69) is 62.4 Å². The van der Waals surface area contributed by atoms with Crippen molar-refractivity contribution in [3.63, 3.8) is 0 Å². The molecule has 3 heterocycles. The summed E-state index contributed by atoms with van der Waals surface area (Å²) in [6.07, 6.45) is 8.17. The van der Waals surface area contributed by atoms with Gasteiger partial charge in [0.15, 0.2) is 0 Å². The number of hydrogen-bond donors (Lipinski definition) is 0. The number of hydrogen-bond acceptors (Lipinski definition) is 6. The molecular weight excluding hydrogens is 508 g/mol. The zero-order valence-electron chi connectivity index (χ0n) is 21.9. The van der Waals surface area contributed by atoms with Crippen LogP contribution < -0.4 is 9.47 Å². The third-order valence-electron chi connectivity index (χ3n) is 6.18. The molecule has 0 radical (unpaired) electrons. The minimum absolute atomic E-state index is 0.766. The van der Waals surface area contributed by atoms with E-state index in [1.165, 1.54) is 20.9 Å². The lowest BCUT2D eigenvalue weighted by Crippen LogP contribution is -1.95. The Morgan fingerprint density at radius 2 is 0.921 bits per heavy atom. The maximum atomic E-state index is 5.79. The van der Waals surface area contributed by atoms with Gasteiger partial charge in [-0.25, -0.2) is 0 Å². The zero-order valence-corrected chi connectivity index (χ0v) is 23.5. The summed E-state index contributed by atoms with van der Waals surface area (Å²) in [5.74, 6) is 1.84. The molecule has 6 heteroatoms. The van der Waals surface area contributed by atoms with Gasteiger partial charge < -0.3 is 9.47 Å². The lowest BCUT2D eigenvalue weighted by atomic mass is 10.2. The first-order chi connectivity index (χ1) is 18.7. The van der Waals surface area contributed by atoms with Gasteiger partial charge in [-0.1, -0.05) is 26.7 Å². The van der Waals surface area contributed by atoms with Crippen LogP contribution in [0.4, 0.5) is 0 Å². The normalized spacial score (nSPS) is 11.0. The third-order valence-corrected chi connectivity index (χ3v) is 8.49. The highest BCUT2D eigenvalue weighted by atomic mass is 32.1. The Labute approximate surface area is 233 Å². The Morgan fingerprint density at radius 3 is 1.29 bits per heavy atom. The van der Waals surface area contributed by atoms with Crippen LogP contribution in [0.1, 0.15) is 39.5 Å². The minimum Gasteiger partial charge on any atom is -0.494 e. The molecule has 0 N–H and O–H groups in total. The number of ether oxygens (including phenoxy) is 2. The number of aromatic nitrogens is 2. The van der Waals surface area contributed by atoms with E-state index in [-0.39, 0.29) is 0 Å². The van der Waals surface area contributed by atoms with E-state index in [0.717, 1.165) is 71.5 Å². The standard InChI is InChI=1S/C32H32N2O2S2/c1-3-5-19-35-25-11-7-23(8-12-25)29-15-17-31(37-29)27-21-34-28(22-33-27)32-18-16-30(38-32)24-9-13-26(14-10-24)36-20-6-4-2/h7-18,21-22H,3-6,19-20H2,1-2H3. The molecule has 38 heavy (non-hydrogen) atoms. The first-order valence-corrected chi connectivity index (χ1v) is 14.9. The average Bonchev–Trinajstić information content (AvgIpc) is 3.65. The van der Waals surface area contributed by atoms with Gasteiger partial charge in [-0.2, -0.15) is 0 Å². The lowest BCUT2D eigenvalue weighted by molar-refractivity contribution is 0.309. The molecule has 0 unspecified atom stereocenters. The van der Waals surface area contributed by atoms with Crippen molar-refractivity contribution in [3.05, 3.63) is 85.2 Å². The van der Waals surface area contributed by atoms with Crippen molar-refractivity contribution >= 4 is 22.7 Å². The summed E-state index contributed by atoms with van der Waals surface area (Å²) >= 11 is 3.45. The van der Waals surface area contributed by atoms with E-state index in [1.54, 1.807) is 22.7 Å². The second-order valence-corrected chi connectivity index (χ2v) is 11.2. The van der Waals surface area contributed by atoms with Crippen LogP contribution >= 0.6 is 22.7 Å². The Bertz CT molecular complexity index is 1310. The van der Waals surface area contributed by atoms with Gasteiger partial charge in [0, 0.05) is 9.75 Å². The van der Waals surface area contributed by atoms with Crippen molar-refractivity contribution < 1.29 is 9.47 Å². The first-order valence-electron chi connectivity index (χ1n) is 13.2. The molecule has 194 valence electrons. The molecule has 0 aliphatic heterocycles. The van der Waals surface area contributed by atoms with Crippen LogP contribution in [0.15, 0.2) is 85.2 Å². The summed E-state index contributed by atoms with van der Waals surface area (Å²) < 4.78 is 11.6. The number of nitrogens with zero attached hydrogens (tertiary/aromatic N) is 2. The molecule has 0 spiro atoms. The Kier molecular flexibility index (Phi) is 8.84. The summed E-state index contributed by atoms with van der Waals surface area (Å²) in [6, 6.07) is 25.2. The van der Waals surface area contributed by atoms with Crippen molar-refractivity contribution in [2.75, 3.05) is 13.2 Å². The molecule has 2 aromatic carbocycles. The topological polar surface area (TPSA) is 44.2 Å². The Hall–Kier alpha value is -3.48.